The topological polar surface area (TPSA) is 67.6 Å². The molecule has 1 atom stereocenters. The van der Waals surface area contributed by atoms with Crippen molar-refractivity contribution in [1.29, 1.82) is 0 Å². The molecule has 26 heavy (non-hydrogen) atoms. The van der Waals surface area contributed by atoms with Crippen LogP contribution in [0.3, 0.4) is 0 Å². The highest BCUT2D eigenvalue weighted by molar-refractivity contribution is 5.94. The molecule has 0 aliphatic carbocycles. The Morgan fingerprint density at radius 1 is 1.27 bits per heavy atom. The number of ether oxygens (including phenoxy) is 1. The first-order chi connectivity index (χ1) is 12.2. The summed E-state index contributed by atoms with van der Waals surface area (Å²) in [6, 6.07) is 15.6. The Balaban J connectivity index is 0.00000243. The maximum Gasteiger partial charge on any atom is 0.251 e. The zero-order valence-corrected chi connectivity index (χ0v) is 15.8. The molecule has 0 saturated carbocycles. The number of carbonyl (C=O) groups is 1. The maximum atomic E-state index is 12.3. The van der Waals surface area contributed by atoms with Gasteiger partial charge in [-0.25, -0.2) is 0 Å². The van der Waals surface area contributed by atoms with Gasteiger partial charge >= 0.3 is 0 Å². The molecule has 0 spiro atoms. The van der Waals surface area contributed by atoms with E-state index in [2.05, 4.69) is 22.3 Å². The van der Waals surface area contributed by atoms with E-state index in [1.165, 1.54) is 5.69 Å². The number of carbonyl (C=O) groups excluding carboxylic acids is 1. The van der Waals surface area contributed by atoms with Gasteiger partial charge in [-0.15, -0.1) is 12.4 Å². The molecule has 5 nitrogen and oxygen atoms in total. The second-order valence-corrected chi connectivity index (χ2v) is 6.41. The van der Waals surface area contributed by atoms with Crippen LogP contribution in [0, 0.1) is 5.92 Å². The number of anilines is 1. The minimum Gasteiger partial charge on any atom is -0.497 e. The van der Waals surface area contributed by atoms with Crippen molar-refractivity contribution in [3.8, 4) is 5.75 Å². The summed E-state index contributed by atoms with van der Waals surface area (Å²) >= 11 is 0. The monoisotopic (exact) mass is 375 g/mol. The molecule has 1 saturated heterocycles. The summed E-state index contributed by atoms with van der Waals surface area (Å²) in [6.07, 6.45) is 1.07. The van der Waals surface area contributed by atoms with Crippen LogP contribution in [0.2, 0.25) is 0 Å². The predicted molar refractivity (Wildman–Crippen MR) is 107 cm³/mol. The Morgan fingerprint density at radius 2 is 2.04 bits per heavy atom. The maximum absolute atomic E-state index is 12.3. The lowest BCUT2D eigenvalue weighted by molar-refractivity contribution is 0.0948. The van der Waals surface area contributed by atoms with E-state index in [1.807, 2.05) is 36.4 Å². The van der Waals surface area contributed by atoms with Crippen molar-refractivity contribution in [3.05, 3.63) is 59.7 Å². The van der Waals surface area contributed by atoms with Crippen LogP contribution in [0.4, 0.5) is 5.69 Å². The van der Waals surface area contributed by atoms with Gasteiger partial charge in [0.25, 0.3) is 5.91 Å². The van der Waals surface area contributed by atoms with Crippen molar-refractivity contribution in [2.45, 2.75) is 13.0 Å². The van der Waals surface area contributed by atoms with Crippen molar-refractivity contribution < 1.29 is 9.53 Å². The second kappa shape index (κ2) is 9.46. The fourth-order valence-electron chi connectivity index (χ4n) is 3.17. The van der Waals surface area contributed by atoms with Gasteiger partial charge in [0, 0.05) is 43.5 Å². The molecule has 0 radical (unpaired) electrons. The highest BCUT2D eigenvalue weighted by atomic mass is 35.5. The number of rotatable bonds is 6. The summed E-state index contributed by atoms with van der Waals surface area (Å²) in [4.78, 5) is 14.6. The molecule has 2 aromatic rings. The number of amides is 1. The second-order valence-electron chi connectivity index (χ2n) is 6.41. The lowest BCUT2D eigenvalue weighted by Gasteiger charge is -2.19. The summed E-state index contributed by atoms with van der Waals surface area (Å²) in [7, 11) is 1.68. The molecule has 3 N–H and O–H groups in total. The molecule has 2 aromatic carbocycles. The molecule has 0 bridgehead atoms. The number of nitrogens with zero attached hydrogens (tertiary/aromatic N) is 1. The summed E-state index contributed by atoms with van der Waals surface area (Å²) in [5.74, 6) is 1.30. The standard InChI is InChI=1S/C20H25N3O2.ClH/c1-25-19-4-2-3-18(11-19)23-10-9-16(14-23)13-22-20(24)17-7-5-15(12-21)6-8-17;/h2-8,11,16H,9-10,12-14,21H2,1H3,(H,22,24);1H. The molecule has 1 fully saturated rings. The van der Waals surface area contributed by atoms with Gasteiger partial charge in [0.05, 0.1) is 7.11 Å². The van der Waals surface area contributed by atoms with Gasteiger partial charge in [0.15, 0.2) is 0 Å². The van der Waals surface area contributed by atoms with Crippen molar-refractivity contribution in [1.82, 2.24) is 5.32 Å². The molecule has 1 aliphatic heterocycles. The van der Waals surface area contributed by atoms with E-state index in [0.717, 1.165) is 30.8 Å². The zero-order chi connectivity index (χ0) is 17.6. The number of benzene rings is 2. The van der Waals surface area contributed by atoms with Crippen LogP contribution in [0.15, 0.2) is 48.5 Å². The van der Waals surface area contributed by atoms with Gasteiger partial charge in [-0.3, -0.25) is 4.79 Å². The summed E-state index contributed by atoms with van der Waals surface area (Å²) in [6.45, 7) is 3.13. The van der Waals surface area contributed by atoms with E-state index in [-0.39, 0.29) is 18.3 Å². The fraction of sp³-hybridized carbons (Fsp3) is 0.350. The van der Waals surface area contributed by atoms with E-state index in [4.69, 9.17) is 10.5 Å². The SMILES string of the molecule is COc1cccc(N2CCC(CNC(=O)c3ccc(CN)cc3)C2)c1.Cl. The average Bonchev–Trinajstić information content (AvgIpc) is 3.15. The summed E-state index contributed by atoms with van der Waals surface area (Å²) < 4.78 is 5.29. The van der Waals surface area contributed by atoms with E-state index < -0.39 is 0 Å². The molecular formula is C20H26ClN3O2. The molecule has 3 rings (SSSR count). The van der Waals surface area contributed by atoms with E-state index in [1.54, 1.807) is 7.11 Å². The highest BCUT2D eigenvalue weighted by Gasteiger charge is 2.23. The molecule has 1 amide bonds. The number of hydrogen-bond donors (Lipinski definition) is 2. The van der Waals surface area contributed by atoms with Crippen LogP contribution in [0.25, 0.3) is 0 Å². The first-order valence-electron chi connectivity index (χ1n) is 8.66. The van der Waals surface area contributed by atoms with Crippen molar-refractivity contribution in [2.24, 2.45) is 11.7 Å². The number of hydrogen-bond acceptors (Lipinski definition) is 4. The van der Waals surface area contributed by atoms with Crippen molar-refractivity contribution in [3.63, 3.8) is 0 Å². The third kappa shape index (κ3) is 4.90. The molecular weight excluding hydrogens is 350 g/mol. The van der Waals surface area contributed by atoms with Gasteiger partial charge < -0.3 is 20.7 Å². The third-order valence-electron chi connectivity index (χ3n) is 4.71. The number of methoxy groups -OCH3 is 1. The molecule has 6 heteroatoms. The minimum absolute atomic E-state index is 0. The first kappa shape index (κ1) is 20.1. The summed E-state index contributed by atoms with van der Waals surface area (Å²) in [5.41, 5.74) is 8.46. The predicted octanol–water partition coefficient (Wildman–Crippen LogP) is 2.83. The fourth-order valence-corrected chi connectivity index (χ4v) is 3.17. The number of halogens is 1. The van der Waals surface area contributed by atoms with Gasteiger partial charge in [-0.1, -0.05) is 18.2 Å². The molecule has 1 aliphatic rings. The van der Waals surface area contributed by atoms with E-state index in [0.29, 0.717) is 24.6 Å². The van der Waals surface area contributed by atoms with Gasteiger partial charge in [0.2, 0.25) is 0 Å². The van der Waals surface area contributed by atoms with Gasteiger partial charge in [-0.05, 0) is 42.2 Å². The Labute approximate surface area is 160 Å². The average molecular weight is 376 g/mol. The van der Waals surface area contributed by atoms with Crippen LogP contribution in [0.1, 0.15) is 22.3 Å². The van der Waals surface area contributed by atoms with Crippen molar-refractivity contribution >= 4 is 24.0 Å². The smallest absolute Gasteiger partial charge is 0.251 e. The summed E-state index contributed by atoms with van der Waals surface area (Å²) in [5, 5.41) is 3.05. The van der Waals surface area contributed by atoms with Crippen LogP contribution in [-0.2, 0) is 6.54 Å². The molecule has 140 valence electrons. The number of nitrogens with two attached hydrogens (primary N) is 1. The Hall–Kier alpha value is -2.24. The normalized spacial score (nSPS) is 16.1. The Morgan fingerprint density at radius 3 is 2.73 bits per heavy atom. The van der Waals surface area contributed by atoms with Crippen LogP contribution in [-0.4, -0.2) is 32.7 Å². The highest BCUT2D eigenvalue weighted by Crippen LogP contribution is 2.26. The third-order valence-corrected chi connectivity index (χ3v) is 4.71. The largest absolute Gasteiger partial charge is 0.497 e. The Bertz CT molecular complexity index is 721. The number of nitrogens with one attached hydrogen (secondary N) is 1. The van der Waals surface area contributed by atoms with Gasteiger partial charge in [0.1, 0.15) is 5.75 Å². The van der Waals surface area contributed by atoms with Crippen LogP contribution < -0.4 is 20.7 Å². The van der Waals surface area contributed by atoms with Crippen molar-refractivity contribution in [2.75, 3.05) is 31.6 Å². The zero-order valence-electron chi connectivity index (χ0n) is 15.0. The van der Waals surface area contributed by atoms with Crippen LogP contribution >= 0.6 is 12.4 Å². The lowest BCUT2D eigenvalue weighted by atomic mass is 10.1. The quantitative estimate of drug-likeness (QED) is 0.814. The lowest BCUT2D eigenvalue weighted by Crippen LogP contribution is -2.31. The Kier molecular flexibility index (Phi) is 7.30. The van der Waals surface area contributed by atoms with E-state index >= 15 is 0 Å². The van der Waals surface area contributed by atoms with Crippen LogP contribution in [0.5, 0.6) is 5.75 Å². The molecule has 0 aromatic heterocycles. The van der Waals surface area contributed by atoms with Gasteiger partial charge in [-0.2, -0.15) is 0 Å². The minimum atomic E-state index is -0.0246. The first-order valence-corrected chi connectivity index (χ1v) is 8.66. The van der Waals surface area contributed by atoms with E-state index in [9.17, 15) is 4.79 Å². The molecule has 1 heterocycles. The molecule has 1 unspecified atom stereocenters.